The highest BCUT2D eigenvalue weighted by atomic mass is 32.2. The third-order valence-electron chi connectivity index (χ3n) is 4.11. The first-order valence-electron chi connectivity index (χ1n) is 7.75. The number of nitrogens with zero attached hydrogens (tertiary/aromatic N) is 2. The van der Waals surface area contributed by atoms with Crippen molar-refractivity contribution >= 4 is 15.9 Å². The Morgan fingerprint density at radius 1 is 1.12 bits per heavy atom. The zero-order valence-electron chi connectivity index (χ0n) is 13.7. The number of methoxy groups -OCH3 is 1. The van der Waals surface area contributed by atoms with E-state index < -0.39 is 15.9 Å². The molecule has 4 rings (SSSR count). The molecular weight excluding hydrogens is 356 g/mol. The summed E-state index contributed by atoms with van der Waals surface area (Å²) in [6.45, 7) is -0.185. The molecule has 2 heterocycles. The summed E-state index contributed by atoms with van der Waals surface area (Å²) in [5.41, 5.74) is 1.24. The van der Waals surface area contributed by atoms with E-state index >= 15 is 0 Å². The van der Waals surface area contributed by atoms with Crippen molar-refractivity contribution in [3.8, 4) is 17.2 Å². The Balaban J connectivity index is 1.61. The number of hydrogen-bond donors (Lipinski definition) is 0. The van der Waals surface area contributed by atoms with E-state index in [2.05, 4.69) is 4.98 Å². The van der Waals surface area contributed by atoms with Gasteiger partial charge in [-0.1, -0.05) is 12.1 Å². The minimum absolute atomic E-state index is 0.0175. The van der Waals surface area contributed by atoms with Crippen LogP contribution in [0.2, 0.25) is 0 Å². The van der Waals surface area contributed by atoms with Gasteiger partial charge in [-0.25, -0.2) is 17.7 Å². The molecule has 1 aliphatic heterocycles. The predicted octanol–water partition coefficient (Wildman–Crippen LogP) is 2.69. The first-order chi connectivity index (χ1) is 12.5. The first kappa shape index (κ1) is 16.3. The molecule has 0 saturated heterocycles. The molecular formula is C18H14N2O5S. The molecule has 0 aliphatic carbocycles. The molecule has 1 aliphatic rings. The molecule has 0 unspecified atom stereocenters. The summed E-state index contributed by atoms with van der Waals surface area (Å²) in [6, 6.07) is 13.2. The van der Waals surface area contributed by atoms with Crippen LogP contribution < -0.4 is 4.74 Å². The van der Waals surface area contributed by atoms with Crippen molar-refractivity contribution in [2.24, 2.45) is 0 Å². The lowest BCUT2D eigenvalue weighted by molar-refractivity contribution is 0.0864. The van der Waals surface area contributed by atoms with E-state index in [4.69, 9.17) is 9.15 Å². The van der Waals surface area contributed by atoms with Crippen LogP contribution in [0.1, 0.15) is 16.1 Å². The number of hydrogen-bond acceptors (Lipinski definition) is 6. The van der Waals surface area contributed by atoms with Crippen LogP contribution in [-0.2, 0) is 16.6 Å². The molecule has 0 spiro atoms. The van der Waals surface area contributed by atoms with E-state index in [1.165, 1.54) is 18.4 Å². The fourth-order valence-electron chi connectivity index (χ4n) is 2.78. The van der Waals surface area contributed by atoms with E-state index in [0.717, 1.165) is 9.87 Å². The number of carbonyl (C=O) groups is 1. The molecule has 1 aromatic heterocycles. The van der Waals surface area contributed by atoms with E-state index in [-0.39, 0.29) is 17.0 Å². The average Bonchev–Trinajstić information content (AvgIpc) is 3.20. The van der Waals surface area contributed by atoms with E-state index in [0.29, 0.717) is 17.3 Å². The van der Waals surface area contributed by atoms with Gasteiger partial charge in [0, 0.05) is 5.56 Å². The van der Waals surface area contributed by atoms with Crippen LogP contribution in [0.5, 0.6) is 5.75 Å². The van der Waals surface area contributed by atoms with Crippen molar-refractivity contribution in [1.29, 1.82) is 0 Å². The van der Waals surface area contributed by atoms with Crippen molar-refractivity contribution in [1.82, 2.24) is 9.29 Å². The second-order valence-electron chi connectivity index (χ2n) is 5.69. The molecule has 0 N–H and O–H groups in total. The summed E-state index contributed by atoms with van der Waals surface area (Å²) >= 11 is 0. The lowest BCUT2D eigenvalue weighted by atomic mass is 10.2. The van der Waals surface area contributed by atoms with Gasteiger partial charge in [0.2, 0.25) is 5.89 Å². The fraction of sp³-hybridized carbons (Fsp3) is 0.111. The summed E-state index contributed by atoms with van der Waals surface area (Å²) in [4.78, 5) is 16.8. The van der Waals surface area contributed by atoms with E-state index in [1.807, 2.05) is 0 Å². The fourth-order valence-corrected chi connectivity index (χ4v) is 4.32. The van der Waals surface area contributed by atoms with Gasteiger partial charge in [-0.2, -0.15) is 0 Å². The van der Waals surface area contributed by atoms with Gasteiger partial charge in [-0.15, -0.1) is 0 Å². The van der Waals surface area contributed by atoms with Crippen LogP contribution in [0.15, 0.2) is 64.1 Å². The highest BCUT2D eigenvalue weighted by molar-refractivity contribution is 7.90. The monoisotopic (exact) mass is 370 g/mol. The topological polar surface area (TPSA) is 89.7 Å². The number of ether oxygens (including phenoxy) is 1. The largest absolute Gasteiger partial charge is 0.497 e. The molecule has 26 heavy (non-hydrogen) atoms. The number of fused-ring (bicyclic) bond motifs is 1. The van der Waals surface area contributed by atoms with Crippen molar-refractivity contribution in [3.63, 3.8) is 0 Å². The maximum Gasteiger partial charge on any atom is 0.269 e. The summed E-state index contributed by atoms with van der Waals surface area (Å²) in [7, 11) is -2.30. The maximum atomic E-state index is 12.6. The third-order valence-corrected chi connectivity index (χ3v) is 5.89. The van der Waals surface area contributed by atoms with Gasteiger partial charge in [0.15, 0.2) is 0 Å². The minimum atomic E-state index is -3.87. The Labute approximate surface area is 149 Å². The molecule has 3 aromatic rings. The van der Waals surface area contributed by atoms with Crippen LogP contribution in [0.4, 0.5) is 0 Å². The van der Waals surface area contributed by atoms with Crippen molar-refractivity contribution < 1.29 is 22.4 Å². The van der Waals surface area contributed by atoms with Gasteiger partial charge >= 0.3 is 0 Å². The normalized spacial score (nSPS) is 15.1. The minimum Gasteiger partial charge on any atom is -0.497 e. The van der Waals surface area contributed by atoms with E-state index in [9.17, 15) is 13.2 Å². The van der Waals surface area contributed by atoms with Gasteiger partial charge < -0.3 is 9.15 Å². The molecule has 1 amide bonds. The molecule has 0 fully saturated rings. The molecule has 0 bridgehead atoms. The van der Waals surface area contributed by atoms with Crippen LogP contribution >= 0.6 is 0 Å². The van der Waals surface area contributed by atoms with E-state index in [1.54, 1.807) is 43.5 Å². The number of carbonyl (C=O) groups excluding carboxylic acids is 1. The van der Waals surface area contributed by atoms with Crippen LogP contribution in [0.25, 0.3) is 11.5 Å². The van der Waals surface area contributed by atoms with Crippen molar-refractivity contribution in [3.05, 3.63) is 66.1 Å². The number of rotatable bonds is 4. The maximum absolute atomic E-state index is 12.6. The quantitative estimate of drug-likeness (QED) is 0.701. The Morgan fingerprint density at radius 2 is 1.85 bits per heavy atom. The van der Waals surface area contributed by atoms with Crippen LogP contribution in [0, 0.1) is 0 Å². The molecule has 8 heteroatoms. The zero-order chi connectivity index (χ0) is 18.3. The van der Waals surface area contributed by atoms with Crippen molar-refractivity contribution in [2.75, 3.05) is 7.11 Å². The standard InChI is InChI=1S/C18H14N2O5S/c1-24-14-8-6-12(7-9-14)17-19-13(11-25-17)10-20-18(21)15-4-2-3-5-16(15)26(20,22)23/h2-9,11H,10H2,1H3. The van der Waals surface area contributed by atoms with Crippen LogP contribution in [-0.4, -0.2) is 30.7 Å². The Kier molecular flexibility index (Phi) is 3.77. The number of benzene rings is 2. The average molecular weight is 370 g/mol. The first-order valence-corrected chi connectivity index (χ1v) is 9.19. The van der Waals surface area contributed by atoms with Gasteiger partial charge in [0.25, 0.3) is 15.9 Å². The second-order valence-corrected chi connectivity index (χ2v) is 7.52. The zero-order valence-corrected chi connectivity index (χ0v) is 14.6. The summed E-state index contributed by atoms with van der Waals surface area (Å²) in [6.07, 6.45) is 1.35. The Hall–Kier alpha value is -3.13. The van der Waals surface area contributed by atoms with Gasteiger partial charge in [0.1, 0.15) is 22.6 Å². The highest BCUT2D eigenvalue weighted by Crippen LogP contribution is 2.31. The summed E-state index contributed by atoms with van der Waals surface area (Å²) in [5.74, 6) is 0.478. The van der Waals surface area contributed by atoms with Gasteiger partial charge in [-0.3, -0.25) is 4.79 Å². The van der Waals surface area contributed by atoms with Crippen molar-refractivity contribution in [2.45, 2.75) is 11.4 Å². The molecule has 0 radical (unpaired) electrons. The number of oxazole rings is 1. The predicted molar refractivity (Wildman–Crippen MR) is 92.0 cm³/mol. The lowest BCUT2D eigenvalue weighted by Crippen LogP contribution is -2.29. The Morgan fingerprint density at radius 3 is 2.54 bits per heavy atom. The number of sulfonamides is 1. The summed E-state index contributed by atoms with van der Waals surface area (Å²) < 4.78 is 36.5. The molecule has 2 aromatic carbocycles. The molecule has 0 saturated carbocycles. The SMILES string of the molecule is COc1ccc(-c2nc(CN3C(=O)c4ccccc4S3(=O)=O)co2)cc1. The van der Waals surface area contributed by atoms with Gasteiger partial charge in [-0.05, 0) is 36.4 Å². The van der Waals surface area contributed by atoms with Crippen LogP contribution in [0.3, 0.4) is 0 Å². The summed E-state index contributed by atoms with van der Waals surface area (Å²) in [5, 5.41) is 0. The molecule has 0 atom stereocenters. The lowest BCUT2D eigenvalue weighted by Gasteiger charge is -2.12. The number of amides is 1. The second kappa shape index (κ2) is 5.99. The smallest absolute Gasteiger partial charge is 0.269 e. The molecule has 132 valence electrons. The Bertz CT molecular complexity index is 1090. The molecule has 7 nitrogen and oxygen atoms in total. The highest BCUT2D eigenvalue weighted by Gasteiger charge is 2.41. The third kappa shape index (κ3) is 2.55. The number of aromatic nitrogens is 1. The van der Waals surface area contributed by atoms with Gasteiger partial charge in [0.05, 0.1) is 19.2 Å².